The Morgan fingerprint density at radius 2 is 1.95 bits per heavy atom. The summed E-state index contributed by atoms with van der Waals surface area (Å²) in [5.41, 5.74) is 8.12. The van der Waals surface area contributed by atoms with Crippen LogP contribution in [0, 0.1) is 0 Å². The van der Waals surface area contributed by atoms with Crippen molar-refractivity contribution in [3.05, 3.63) is 59.1 Å². The van der Waals surface area contributed by atoms with Gasteiger partial charge in [0.05, 0.1) is 6.54 Å². The quantitative estimate of drug-likeness (QED) is 0.835. The zero-order chi connectivity index (χ0) is 15.2. The average Bonchev–Trinajstić information content (AvgIpc) is 2.41. The lowest BCUT2D eigenvalue weighted by molar-refractivity contribution is -0.117. The molecule has 2 rings (SSSR count). The fourth-order valence-corrected chi connectivity index (χ4v) is 2.15. The molecule has 0 spiro atoms. The summed E-state index contributed by atoms with van der Waals surface area (Å²) in [6, 6.07) is 14.7. The zero-order valence-corrected chi connectivity index (χ0v) is 12.6. The number of carbonyl (C=O) groups is 1. The van der Waals surface area contributed by atoms with Crippen LogP contribution in [-0.2, 0) is 11.3 Å². The smallest absolute Gasteiger partial charge is 0.238 e. The fourth-order valence-electron chi connectivity index (χ4n) is 2.02. The minimum atomic E-state index is -0.0722. The van der Waals surface area contributed by atoms with Crippen molar-refractivity contribution < 1.29 is 4.79 Å². The second-order valence-electron chi connectivity index (χ2n) is 4.97. The second kappa shape index (κ2) is 7.11. The first-order valence-corrected chi connectivity index (χ1v) is 6.99. The van der Waals surface area contributed by atoms with Crippen molar-refractivity contribution in [3.8, 4) is 0 Å². The number of benzene rings is 2. The first kappa shape index (κ1) is 15.4. The van der Waals surface area contributed by atoms with Crippen molar-refractivity contribution in [2.45, 2.75) is 6.54 Å². The van der Waals surface area contributed by atoms with E-state index in [-0.39, 0.29) is 5.91 Å². The number of likely N-dealkylation sites (N-methyl/N-ethyl adjacent to an activating group) is 1. The minimum Gasteiger partial charge on any atom is -0.399 e. The van der Waals surface area contributed by atoms with Crippen molar-refractivity contribution in [1.82, 2.24) is 4.90 Å². The van der Waals surface area contributed by atoms with Gasteiger partial charge < -0.3 is 11.1 Å². The van der Waals surface area contributed by atoms with Gasteiger partial charge in [-0.1, -0.05) is 29.8 Å². The molecule has 0 atom stereocenters. The molecule has 5 heteroatoms. The maximum Gasteiger partial charge on any atom is 0.238 e. The van der Waals surface area contributed by atoms with Crippen LogP contribution >= 0.6 is 11.6 Å². The molecule has 110 valence electrons. The van der Waals surface area contributed by atoms with Gasteiger partial charge in [-0.3, -0.25) is 9.69 Å². The van der Waals surface area contributed by atoms with E-state index in [1.807, 2.05) is 48.3 Å². The highest BCUT2D eigenvalue weighted by Crippen LogP contribution is 2.13. The number of nitrogens with zero attached hydrogens (tertiary/aromatic N) is 1. The molecule has 0 aliphatic carbocycles. The van der Waals surface area contributed by atoms with Gasteiger partial charge in [0, 0.05) is 22.9 Å². The Morgan fingerprint density at radius 3 is 2.62 bits per heavy atom. The average molecular weight is 304 g/mol. The van der Waals surface area contributed by atoms with Gasteiger partial charge >= 0.3 is 0 Å². The van der Waals surface area contributed by atoms with Gasteiger partial charge in [0.1, 0.15) is 0 Å². The van der Waals surface area contributed by atoms with Crippen LogP contribution in [0.5, 0.6) is 0 Å². The number of amides is 1. The summed E-state index contributed by atoms with van der Waals surface area (Å²) in [4.78, 5) is 13.9. The van der Waals surface area contributed by atoms with Crippen molar-refractivity contribution in [3.63, 3.8) is 0 Å². The molecule has 21 heavy (non-hydrogen) atoms. The molecule has 0 aliphatic rings. The summed E-state index contributed by atoms with van der Waals surface area (Å²) < 4.78 is 0. The Bertz CT molecular complexity index is 613. The summed E-state index contributed by atoms with van der Waals surface area (Å²) >= 11 is 5.85. The lowest BCUT2D eigenvalue weighted by Crippen LogP contribution is -2.29. The van der Waals surface area contributed by atoms with Crippen molar-refractivity contribution >= 4 is 28.9 Å². The predicted molar refractivity (Wildman–Crippen MR) is 87.3 cm³/mol. The predicted octanol–water partition coefficient (Wildman–Crippen LogP) is 2.99. The monoisotopic (exact) mass is 303 g/mol. The van der Waals surface area contributed by atoms with Crippen LogP contribution in [0.15, 0.2) is 48.5 Å². The van der Waals surface area contributed by atoms with E-state index in [1.54, 1.807) is 12.1 Å². The molecule has 0 aromatic heterocycles. The summed E-state index contributed by atoms with van der Waals surface area (Å²) in [7, 11) is 1.90. The number of nitrogens with two attached hydrogens (primary N) is 1. The van der Waals surface area contributed by atoms with Crippen LogP contribution in [0.25, 0.3) is 0 Å². The number of nitrogens with one attached hydrogen (secondary N) is 1. The van der Waals surface area contributed by atoms with Gasteiger partial charge in [-0.05, 0) is 42.9 Å². The standard InChI is InChI=1S/C16H18ClN3O/c1-20(10-12-5-7-13(17)8-6-12)11-16(21)19-15-4-2-3-14(18)9-15/h2-9H,10-11,18H2,1H3,(H,19,21). The number of carbonyl (C=O) groups excluding carboxylic acids is 1. The number of nitrogen functional groups attached to an aromatic ring is 1. The zero-order valence-electron chi connectivity index (χ0n) is 11.8. The molecular formula is C16H18ClN3O. The molecule has 0 bridgehead atoms. The number of hydrogen-bond donors (Lipinski definition) is 2. The minimum absolute atomic E-state index is 0.0722. The molecule has 3 N–H and O–H groups in total. The molecule has 2 aromatic rings. The van der Waals surface area contributed by atoms with Gasteiger partial charge in [-0.2, -0.15) is 0 Å². The molecule has 4 nitrogen and oxygen atoms in total. The van der Waals surface area contributed by atoms with E-state index in [0.29, 0.717) is 29.5 Å². The topological polar surface area (TPSA) is 58.4 Å². The summed E-state index contributed by atoms with van der Waals surface area (Å²) in [6.45, 7) is 0.985. The number of anilines is 2. The van der Waals surface area contributed by atoms with E-state index >= 15 is 0 Å². The highest BCUT2D eigenvalue weighted by atomic mass is 35.5. The number of rotatable bonds is 5. The maximum atomic E-state index is 12.0. The Balaban J connectivity index is 1.86. The van der Waals surface area contributed by atoms with Crippen molar-refractivity contribution in [2.24, 2.45) is 0 Å². The first-order chi connectivity index (χ1) is 10.0. The lowest BCUT2D eigenvalue weighted by atomic mass is 10.2. The summed E-state index contributed by atoms with van der Waals surface area (Å²) in [5.74, 6) is -0.0722. The van der Waals surface area contributed by atoms with Gasteiger partial charge in [0.15, 0.2) is 0 Å². The lowest BCUT2D eigenvalue weighted by Gasteiger charge is -2.16. The molecule has 0 heterocycles. The third-order valence-electron chi connectivity index (χ3n) is 2.95. The summed E-state index contributed by atoms with van der Waals surface area (Å²) in [6.07, 6.45) is 0. The Kier molecular flexibility index (Phi) is 5.20. The molecule has 0 saturated carbocycles. The van der Waals surface area contributed by atoms with Crippen molar-refractivity contribution in [2.75, 3.05) is 24.6 Å². The van der Waals surface area contributed by atoms with Crippen molar-refractivity contribution in [1.29, 1.82) is 0 Å². The van der Waals surface area contributed by atoms with E-state index < -0.39 is 0 Å². The molecule has 0 aliphatic heterocycles. The fraction of sp³-hybridized carbons (Fsp3) is 0.188. The molecule has 0 saturated heterocycles. The van der Waals surface area contributed by atoms with Gasteiger partial charge in [0.25, 0.3) is 0 Å². The van der Waals surface area contributed by atoms with Gasteiger partial charge in [-0.15, -0.1) is 0 Å². The van der Waals surface area contributed by atoms with E-state index in [4.69, 9.17) is 17.3 Å². The van der Waals surface area contributed by atoms with Crippen LogP contribution in [-0.4, -0.2) is 24.4 Å². The molecule has 1 amide bonds. The Hall–Kier alpha value is -2.04. The molecular weight excluding hydrogens is 286 g/mol. The first-order valence-electron chi connectivity index (χ1n) is 6.61. The van der Waals surface area contributed by atoms with Gasteiger partial charge in [-0.25, -0.2) is 0 Å². The van der Waals surface area contributed by atoms with Crippen LogP contribution < -0.4 is 11.1 Å². The maximum absolute atomic E-state index is 12.0. The molecule has 0 radical (unpaired) electrons. The SMILES string of the molecule is CN(CC(=O)Nc1cccc(N)c1)Cc1ccc(Cl)cc1. The van der Waals surface area contributed by atoms with E-state index in [1.165, 1.54) is 0 Å². The number of hydrogen-bond acceptors (Lipinski definition) is 3. The van der Waals surface area contributed by atoms with E-state index in [0.717, 1.165) is 5.56 Å². The summed E-state index contributed by atoms with van der Waals surface area (Å²) in [5, 5.41) is 3.54. The van der Waals surface area contributed by atoms with E-state index in [9.17, 15) is 4.79 Å². The van der Waals surface area contributed by atoms with Crippen LogP contribution in [0.1, 0.15) is 5.56 Å². The molecule has 0 fully saturated rings. The third kappa shape index (κ3) is 5.10. The van der Waals surface area contributed by atoms with Gasteiger partial charge in [0.2, 0.25) is 5.91 Å². The third-order valence-corrected chi connectivity index (χ3v) is 3.20. The highest BCUT2D eigenvalue weighted by molar-refractivity contribution is 6.30. The Labute approximate surface area is 129 Å². The Morgan fingerprint density at radius 1 is 1.24 bits per heavy atom. The van der Waals surface area contributed by atoms with E-state index in [2.05, 4.69) is 5.32 Å². The second-order valence-corrected chi connectivity index (χ2v) is 5.41. The largest absolute Gasteiger partial charge is 0.399 e. The number of halogens is 1. The molecule has 2 aromatic carbocycles. The molecule has 0 unspecified atom stereocenters. The normalized spacial score (nSPS) is 10.6. The van der Waals surface area contributed by atoms with Crippen LogP contribution in [0.2, 0.25) is 5.02 Å². The van der Waals surface area contributed by atoms with Crippen LogP contribution in [0.3, 0.4) is 0 Å². The highest BCUT2D eigenvalue weighted by Gasteiger charge is 2.07. The van der Waals surface area contributed by atoms with Crippen LogP contribution in [0.4, 0.5) is 11.4 Å².